The van der Waals surface area contributed by atoms with E-state index in [0.29, 0.717) is 40.6 Å². The van der Waals surface area contributed by atoms with Gasteiger partial charge in [0.1, 0.15) is 23.4 Å². The smallest absolute Gasteiger partial charge is 0.301 e. The second-order valence-electron chi connectivity index (χ2n) is 9.09. The fourth-order valence-corrected chi connectivity index (χ4v) is 5.98. The Kier molecular flexibility index (Phi) is 5.68. The van der Waals surface area contributed by atoms with Crippen LogP contribution in [0.4, 0.5) is 5.13 Å². The van der Waals surface area contributed by atoms with Crippen molar-refractivity contribution in [1.29, 1.82) is 0 Å². The Bertz CT molecular complexity index is 1580. The van der Waals surface area contributed by atoms with E-state index >= 15 is 0 Å². The average molecular weight is 513 g/mol. The molecule has 3 heterocycles. The summed E-state index contributed by atoms with van der Waals surface area (Å²) in [6, 6.07) is 19.3. The minimum absolute atomic E-state index is 0.0392. The van der Waals surface area contributed by atoms with Crippen molar-refractivity contribution in [2.24, 2.45) is 0 Å². The van der Waals surface area contributed by atoms with Gasteiger partial charge in [-0.05, 0) is 61.4 Å². The molecular formula is C29H24N2O5S. The van der Waals surface area contributed by atoms with Crippen LogP contribution >= 0.6 is 11.3 Å². The molecule has 2 aliphatic heterocycles. The Labute approximate surface area is 217 Å². The molecule has 0 aliphatic carbocycles. The van der Waals surface area contributed by atoms with Gasteiger partial charge < -0.3 is 14.6 Å². The van der Waals surface area contributed by atoms with Gasteiger partial charge in [-0.3, -0.25) is 14.5 Å². The van der Waals surface area contributed by atoms with Gasteiger partial charge in [-0.1, -0.05) is 41.7 Å². The van der Waals surface area contributed by atoms with Crippen molar-refractivity contribution >= 4 is 44.1 Å². The number of carbonyl (C=O) groups is 2. The highest BCUT2D eigenvalue weighted by atomic mass is 32.1. The van der Waals surface area contributed by atoms with Gasteiger partial charge in [-0.2, -0.15) is 0 Å². The molecule has 37 heavy (non-hydrogen) atoms. The summed E-state index contributed by atoms with van der Waals surface area (Å²) >= 11 is 1.31. The van der Waals surface area contributed by atoms with Crippen molar-refractivity contribution in [2.45, 2.75) is 32.4 Å². The zero-order chi connectivity index (χ0) is 25.7. The number of aliphatic hydroxyl groups is 1. The first-order valence-corrected chi connectivity index (χ1v) is 13.0. The third-order valence-corrected chi connectivity index (χ3v) is 7.61. The molecule has 0 bridgehead atoms. The van der Waals surface area contributed by atoms with Crippen LogP contribution in [0.2, 0.25) is 0 Å². The average Bonchev–Trinajstić information content (AvgIpc) is 3.56. The number of aliphatic hydroxyl groups excluding tert-OH is 1. The van der Waals surface area contributed by atoms with E-state index in [1.165, 1.54) is 16.2 Å². The van der Waals surface area contributed by atoms with Crippen molar-refractivity contribution < 1.29 is 24.2 Å². The summed E-state index contributed by atoms with van der Waals surface area (Å²) in [5, 5.41) is 11.8. The number of ketones is 1. The number of anilines is 1. The highest BCUT2D eigenvalue weighted by molar-refractivity contribution is 7.22. The predicted octanol–water partition coefficient (Wildman–Crippen LogP) is 5.64. The quantitative estimate of drug-likeness (QED) is 0.211. The molecule has 1 fully saturated rings. The lowest BCUT2D eigenvalue weighted by molar-refractivity contribution is -0.132. The summed E-state index contributed by atoms with van der Waals surface area (Å²) in [7, 11) is 0. The van der Waals surface area contributed by atoms with Crippen LogP contribution in [0.3, 0.4) is 0 Å². The van der Waals surface area contributed by atoms with Gasteiger partial charge in [0.15, 0.2) is 5.13 Å². The summed E-state index contributed by atoms with van der Waals surface area (Å²) in [6.45, 7) is 4.43. The maximum absolute atomic E-state index is 13.5. The van der Waals surface area contributed by atoms with Crippen LogP contribution in [0.1, 0.15) is 36.6 Å². The number of Topliss-reactive ketones (excluding diaryl/α,β-unsaturated/α-hetero) is 1. The van der Waals surface area contributed by atoms with Crippen LogP contribution < -0.4 is 14.4 Å². The van der Waals surface area contributed by atoms with E-state index in [-0.39, 0.29) is 17.4 Å². The lowest BCUT2D eigenvalue weighted by Gasteiger charge is -2.23. The van der Waals surface area contributed by atoms with E-state index in [0.717, 1.165) is 16.0 Å². The molecule has 8 heteroatoms. The van der Waals surface area contributed by atoms with Gasteiger partial charge >= 0.3 is 5.91 Å². The number of amides is 1. The molecule has 1 saturated heterocycles. The standard InChI is InChI=1S/C29H24N2O5S/c1-3-35-20-10-11-21-23(15-20)37-29(30-21)31-25(17-7-5-4-6-8-17)24(27(33)28(31)34)26(32)18-9-12-22-19(14-18)13-16(2)36-22/h4-12,14-16,25,32H,3,13H2,1-2H3/b26-24+/t16-,25+/m1/s1. The van der Waals surface area contributed by atoms with E-state index in [4.69, 9.17) is 9.47 Å². The van der Waals surface area contributed by atoms with Gasteiger partial charge in [0.05, 0.1) is 28.4 Å². The third-order valence-electron chi connectivity index (χ3n) is 6.59. The molecule has 2 aliphatic rings. The summed E-state index contributed by atoms with van der Waals surface area (Å²) < 4.78 is 12.2. The second-order valence-corrected chi connectivity index (χ2v) is 10.1. The normalized spacial score (nSPS) is 20.3. The molecule has 4 aromatic rings. The van der Waals surface area contributed by atoms with Crippen LogP contribution in [-0.4, -0.2) is 34.5 Å². The van der Waals surface area contributed by atoms with Crippen molar-refractivity contribution in [1.82, 2.24) is 4.98 Å². The number of nitrogens with zero attached hydrogens (tertiary/aromatic N) is 2. The Morgan fingerprint density at radius 1 is 1.14 bits per heavy atom. The number of benzene rings is 3. The first kappa shape index (κ1) is 23.2. The van der Waals surface area contributed by atoms with Gasteiger partial charge in [0.2, 0.25) is 0 Å². The highest BCUT2D eigenvalue weighted by Crippen LogP contribution is 2.45. The lowest BCUT2D eigenvalue weighted by Crippen LogP contribution is -2.29. The molecule has 186 valence electrons. The number of thiazole rings is 1. The van der Waals surface area contributed by atoms with Crippen LogP contribution in [0.15, 0.2) is 72.3 Å². The molecule has 1 amide bonds. The zero-order valence-corrected chi connectivity index (χ0v) is 21.1. The van der Waals surface area contributed by atoms with Crippen LogP contribution in [0.5, 0.6) is 11.5 Å². The van der Waals surface area contributed by atoms with E-state index in [9.17, 15) is 14.7 Å². The van der Waals surface area contributed by atoms with Gasteiger partial charge in [0, 0.05) is 12.0 Å². The number of carbonyl (C=O) groups excluding carboxylic acids is 2. The van der Waals surface area contributed by atoms with E-state index in [1.54, 1.807) is 12.1 Å². The molecule has 3 aromatic carbocycles. The Morgan fingerprint density at radius 3 is 2.73 bits per heavy atom. The fourth-order valence-electron chi connectivity index (χ4n) is 4.96. The maximum atomic E-state index is 13.5. The predicted molar refractivity (Wildman–Crippen MR) is 142 cm³/mol. The second kappa shape index (κ2) is 9.05. The molecule has 2 atom stereocenters. The van der Waals surface area contributed by atoms with Crippen molar-refractivity contribution in [3.05, 3.63) is 89.0 Å². The van der Waals surface area contributed by atoms with Gasteiger partial charge in [-0.15, -0.1) is 0 Å². The SMILES string of the molecule is CCOc1ccc2nc(N3C(=O)C(=O)/C(=C(/O)c4ccc5c(c4)C[C@@H](C)O5)[C@@H]3c3ccccc3)sc2c1. The maximum Gasteiger partial charge on any atom is 0.301 e. The summed E-state index contributed by atoms with van der Waals surface area (Å²) in [5.41, 5.74) is 2.87. The molecule has 6 rings (SSSR count). The molecule has 0 unspecified atom stereocenters. The van der Waals surface area contributed by atoms with Crippen molar-refractivity contribution in [2.75, 3.05) is 11.5 Å². The minimum atomic E-state index is -0.823. The van der Waals surface area contributed by atoms with Crippen LogP contribution in [-0.2, 0) is 16.0 Å². The Balaban J connectivity index is 1.50. The van der Waals surface area contributed by atoms with Crippen LogP contribution in [0.25, 0.3) is 16.0 Å². The topological polar surface area (TPSA) is 89.0 Å². The van der Waals surface area contributed by atoms with Crippen molar-refractivity contribution in [3.63, 3.8) is 0 Å². The summed E-state index contributed by atoms with van der Waals surface area (Å²) in [5.74, 6) is -0.202. The Morgan fingerprint density at radius 2 is 1.95 bits per heavy atom. The number of ether oxygens (including phenoxy) is 2. The zero-order valence-electron chi connectivity index (χ0n) is 20.3. The number of fused-ring (bicyclic) bond motifs is 2. The van der Waals surface area contributed by atoms with E-state index in [2.05, 4.69) is 4.98 Å². The minimum Gasteiger partial charge on any atom is -0.507 e. The molecule has 0 spiro atoms. The molecular weight excluding hydrogens is 488 g/mol. The fraction of sp³-hybridized carbons (Fsp3) is 0.207. The van der Waals surface area contributed by atoms with E-state index < -0.39 is 17.7 Å². The molecule has 1 aromatic heterocycles. The molecule has 1 N–H and O–H groups in total. The number of rotatable bonds is 5. The Hall–Kier alpha value is -4.17. The van der Waals surface area contributed by atoms with E-state index in [1.807, 2.05) is 68.4 Å². The first-order valence-electron chi connectivity index (χ1n) is 12.1. The number of hydrogen-bond donors (Lipinski definition) is 1. The largest absolute Gasteiger partial charge is 0.507 e. The molecule has 0 saturated carbocycles. The molecule has 7 nitrogen and oxygen atoms in total. The third kappa shape index (κ3) is 3.94. The van der Waals surface area contributed by atoms with Crippen molar-refractivity contribution in [3.8, 4) is 11.5 Å². The van der Waals surface area contributed by atoms with Crippen LogP contribution in [0, 0.1) is 0 Å². The first-order chi connectivity index (χ1) is 17.9. The monoisotopic (exact) mass is 512 g/mol. The lowest BCUT2D eigenvalue weighted by atomic mass is 9.94. The highest BCUT2D eigenvalue weighted by Gasteiger charge is 2.48. The number of aromatic nitrogens is 1. The number of hydrogen-bond acceptors (Lipinski definition) is 7. The summed E-state index contributed by atoms with van der Waals surface area (Å²) in [6.07, 6.45) is 0.757. The van der Waals surface area contributed by atoms with Gasteiger partial charge in [0.25, 0.3) is 5.78 Å². The van der Waals surface area contributed by atoms with Gasteiger partial charge in [-0.25, -0.2) is 4.98 Å². The molecule has 0 radical (unpaired) electrons. The summed E-state index contributed by atoms with van der Waals surface area (Å²) in [4.78, 5) is 33.0.